The van der Waals surface area contributed by atoms with Gasteiger partial charge >= 0.3 is 5.97 Å². The van der Waals surface area contributed by atoms with Gasteiger partial charge in [-0.15, -0.1) is 11.3 Å². The lowest BCUT2D eigenvalue weighted by Gasteiger charge is -1.94. The fraction of sp³-hybridized carbons (Fsp3) is 0.167. The van der Waals surface area contributed by atoms with Gasteiger partial charge in [0.2, 0.25) is 0 Å². The molecule has 0 aliphatic carbocycles. The summed E-state index contributed by atoms with van der Waals surface area (Å²) in [5.74, 6) is -1.15. The highest BCUT2D eigenvalue weighted by atomic mass is 35.5. The zero-order valence-electron chi connectivity index (χ0n) is 6.89. The van der Waals surface area contributed by atoms with Crippen molar-refractivity contribution in [1.82, 2.24) is 0 Å². The van der Waals surface area contributed by atoms with Gasteiger partial charge in [0.1, 0.15) is 10.0 Å². The molecule has 1 aromatic rings. The fourth-order valence-corrected chi connectivity index (χ4v) is 1.85. The molecule has 1 rings (SSSR count). The summed E-state index contributed by atoms with van der Waals surface area (Å²) in [4.78, 5) is 13.4. The maximum absolute atomic E-state index is 11.0. The Morgan fingerprint density at radius 3 is 2.93 bits per heavy atom. The van der Waals surface area contributed by atoms with Crippen LogP contribution in [0.4, 0.5) is 5.00 Å². The van der Waals surface area contributed by atoms with Crippen molar-refractivity contribution in [2.75, 3.05) is 7.11 Å². The Kier molecular flexibility index (Phi) is 3.19. The third-order valence-corrected chi connectivity index (χ3v) is 2.83. The molecule has 0 saturated heterocycles. The quantitative estimate of drug-likeness (QED) is 0.368. The summed E-state index contributed by atoms with van der Waals surface area (Å²) in [5, 5.41) is 12.4. The first kappa shape index (κ1) is 10.6. The Morgan fingerprint density at radius 1 is 1.79 bits per heavy atom. The summed E-state index contributed by atoms with van der Waals surface area (Å²) < 4.78 is 4.38. The largest absolute Gasteiger partial charge is 0.505 e. The van der Waals surface area contributed by atoms with E-state index in [1.807, 2.05) is 0 Å². The highest BCUT2D eigenvalue weighted by Crippen LogP contribution is 2.44. The van der Waals surface area contributed by atoms with Gasteiger partial charge in [0.25, 0.3) is 0 Å². The molecule has 0 aromatic carbocycles. The number of aromatic hydroxyl groups is 1. The number of thiophene rings is 1. The summed E-state index contributed by atoms with van der Waals surface area (Å²) >= 11 is 6.35. The first-order chi connectivity index (χ1) is 6.61. The number of hydrogen-bond donors (Lipinski definition) is 1. The number of carbonyl (C=O) groups is 1. The van der Waals surface area contributed by atoms with Crippen LogP contribution in [0.15, 0.2) is 5.11 Å². The zero-order valence-corrected chi connectivity index (χ0v) is 8.46. The summed E-state index contributed by atoms with van der Waals surface area (Å²) in [6.45, 7) is 0. The molecule has 1 heterocycles. The number of esters is 1. The van der Waals surface area contributed by atoms with Crippen LogP contribution >= 0.6 is 22.9 Å². The van der Waals surface area contributed by atoms with Gasteiger partial charge in [-0.25, -0.2) is 4.79 Å². The van der Waals surface area contributed by atoms with Crippen LogP contribution in [0.5, 0.6) is 5.75 Å². The van der Waals surface area contributed by atoms with Gasteiger partial charge in [-0.05, 0) is 10.6 Å². The number of halogens is 1. The second-order valence-electron chi connectivity index (χ2n) is 2.08. The SMILES string of the molecule is COC(=O)c1sc(N=[N+]=[N-])c(Cl)c1O. The van der Waals surface area contributed by atoms with E-state index in [-0.39, 0.29) is 14.9 Å². The van der Waals surface area contributed by atoms with Crippen molar-refractivity contribution in [1.29, 1.82) is 0 Å². The minimum Gasteiger partial charge on any atom is -0.505 e. The molecule has 0 fully saturated rings. The van der Waals surface area contributed by atoms with Gasteiger partial charge < -0.3 is 9.84 Å². The molecule has 6 nitrogen and oxygen atoms in total. The lowest BCUT2D eigenvalue weighted by molar-refractivity contribution is 0.0603. The molecule has 14 heavy (non-hydrogen) atoms. The number of hydrogen-bond acceptors (Lipinski definition) is 5. The molecule has 0 atom stereocenters. The number of ether oxygens (including phenoxy) is 1. The predicted octanol–water partition coefficient (Wildman–Crippen LogP) is 2.84. The Balaban J connectivity index is 3.28. The average Bonchev–Trinajstić information content (AvgIpc) is 2.46. The number of rotatable bonds is 2. The van der Waals surface area contributed by atoms with Gasteiger partial charge in [-0.2, -0.15) is 0 Å². The van der Waals surface area contributed by atoms with Crippen LogP contribution in [-0.4, -0.2) is 18.2 Å². The minimum absolute atomic E-state index is 0.0343. The van der Waals surface area contributed by atoms with E-state index in [0.29, 0.717) is 0 Å². The normalized spacial score (nSPS) is 9.29. The Hall–Kier alpha value is -1.43. The van der Waals surface area contributed by atoms with Gasteiger partial charge in [-0.1, -0.05) is 11.6 Å². The molecule has 0 saturated carbocycles. The summed E-state index contributed by atoms with van der Waals surface area (Å²) in [6.07, 6.45) is 0. The molecule has 0 spiro atoms. The third-order valence-electron chi connectivity index (χ3n) is 1.32. The second-order valence-corrected chi connectivity index (χ2v) is 3.46. The van der Waals surface area contributed by atoms with Crippen LogP contribution in [-0.2, 0) is 4.74 Å². The Bertz CT molecular complexity index is 424. The van der Waals surface area contributed by atoms with Crippen LogP contribution in [0.3, 0.4) is 0 Å². The topological polar surface area (TPSA) is 95.3 Å². The van der Waals surface area contributed by atoms with Crippen molar-refractivity contribution >= 4 is 33.9 Å². The second kappa shape index (κ2) is 4.19. The van der Waals surface area contributed by atoms with Crippen LogP contribution in [0.2, 0.25) is 5.02 Å². The smallest absolute Gasteiger partial charge is 0.351 e. The lowest BCUT2D eigenvalue weighted by Crippen LogP contribution is -1.97. The molecule has 0 amide bonds. The standard InChI is InChI=1S/C6H4ClN3O3S/c1-13-6(12)4-3(11)2(7)5(14-4)9-10-8/h11H,1H3. The van der Waals surface area contributed by atoms with E-state index in [1.54, 1.807) is 0 Å². The van der Waals surface area contributed by atoms with E-state index in [1.165, 1.54) is 7.11 Å². The molecular weight excluding hydrogens is 230 g/mol. The highest BCUT2D eigenvalue weighted by molar-refractivity contribution is 7.18. The van der Waals surface area contributed by atoms with Crippen LogP contribution < -0.4 is 0 Å². The number of methoxy groups -OCH3 is 1. The van der Waals surface area contributed by atoms with E-state index in [9.17, 15) is 9.90 Å². The number of azide groups is 1. The Morgan fingerprint density at radius 2 is 2.43 bits per heavy atom. The molecule has 0 unspecified atom stereocenters. The van der Waals surface area contributed by atoms with E-state index >= 15 is 0 Å². The van der Waals surface area contributed by atoms with E-state index in [0.717, 1.165) is 11.3 Å². The zero-order chi connectivity index (χ0) is 10.7. The molecule has 8 heteroatoms. The molecule has 1 N–H and O–H groups in total. The van der Waals surface area contributed by atoms with E-state index in [4.69, 9.17) is 17.1 Å². The van der Waals surface area contributed by atoms with Gasteiger partial charge in [0.15, 0.2) is 10.6 Å². The first-order valence-corrected chi connectivity index (χ1v) is 4.46. The predicted molar refractivity (Wildman–Crippen MR) is 51.1 cm³/mol. The molecule has 0 radical (unpaired) electrons. The summed E-state index contributed by atoms with van der Waals surface area (Å²) in [5.41, 5.74) is 8.15. The monoisotopic (exact) mass is 233 g/mol. The molecule has 74 valence electrons. The van der Waals surface area contributed by atoms with Crippen LogP contribution in [0.25, 0.3) is 10.4 Å². The molecule has 0 aliphatic heterocycles. The average molecular weight is 234 g/mol. The Labute approximate surface area is 87.3 Å². The van der Waals surface area contributed by atoms with E-state index in [2.05, 4.69) is 14.8 Å². The van der Waals surface area contributed by atoms with Gasteiger partial charge in [0, 0.05) is 4.91 Å². The van der Waals surface area contributed by atoms with Crippen molar-refractivity contribution in [3.8, 4) is 5.75 Å². The maximum atomic E-state index is 11.0. The lowest BCUT2D eigenvalue weighted by atomic mass is 10.4. The molecule has 0 aliphatic rings. The van der Waals surface area contributed by atoms with Gasteiger partial charge in [-0.3, -0.25) is 0 Å². The van der Waals surface area contributed by atoms with Crippen molar-refractivity contribution in [2.24, 2.45) is 5.11 Å². The summed E-state index contributed by atoms with van der Waals surface area (Å²) in [6, 6.07) is 0. The molecular formula is C6H4ClN3O3S. The minimum atomic E-state index is -0.728. The van der Waals surface area contributed by atoms with Crippen LogP contribution in [0, 0.1) is 0 Å². The third kappa shape index (κ3) is 1.74. The first-order valence-electron chi connectivity index (χ1n) is 3.26. The number of carbonyl (C=O) groups excluding carboxylic acids is 1. The van der Waals surface area contributed by atoms with Crippen molar-refractivity contribution < 1.29 is 14.6 Å². The van der Waals surface area contributed by atoms with E-state index < -0.39 is 11.7 Å². The molecule has 0 bridgehead atoms. The maximum Gasteiger partial charge on any atom is 0.351 e. The highest BCUT2D eigenvalue weighted by Gasteiger charge is 2.21. The fourth-order valence-electron chi connectivity index (χ4n) is 0.727. The number of nitrogens with zero attached hydrogens (tertiary/aromatic N) is 3. The summed E-state index contributed by atoms with van der Waals surface area (Å²) in [7, 11) is 1.17. The van der Waals surface area contributed by atoms with Crippen molar-refractivity contribution in [3.05, 3.63) is 20.3 Å². The molecule has 1 aromatic heterocycles. The van der Waals surface area contributed by atoms with Crippen molar-refractivity contribution in [3.63, 3.8) is 0 Å². The van der Waals surface area contributed by atoms with Crippen LogP contribution in [0.1, 0.15) is 9.67 Å². The van der Waals surface area contributed by atoms with Gasteiger partial charge in [0.05, 0.1) is 7.11 Å². The van der Waals surface area contributed by atoms with Crippen molar-refractivity contribution in [2.45, 2.75) is 0 Å².